The average molecular weight is 394 g/mol. The summed E-state index contributed by atoms with van der Waals surface area (Å²) < 4.78 is 2.08. The first kappa shape index (κ1) is 19.6. The molecule has 0 radical (unpaired) electrons. The molecule has 0 saturated carbocycles. The largest absolute Gasteiger partial charge is 0.321 e. The molecule has 1 atom stereocenters. The average Bonchev–Trinajstić information content (AvgIpc) is 3.16. The van der Waals surface area contributed by atoms with E-state index in [-0.39, 0.29) is 11.9 Å². The second kappa shape index (κ2) is 8.76. The summed E-state index contributed by atoms with van der Waals surface area (Å²) in [7, 11) is 0. The SMILES string of the molecule is CCc1ccc(NC(=O)[C@H](C)[NH+]2CC[NH+](Cc3cn4ccccc4n3)CC2)cc1. The normalized spacial score (nSPS) is 20.5. The van der Waals surface area contributed by atoms with Gasteiger partial charge < -0.3 is 19.5 Å². The van der Waals surface area contributed by atoms with Gasteiger partial charge in [-0.05, 0) is 43.2 Å². The van der Waals surface area contributed by atoms with E-state index in [2.05, 4.69) is 35.0 Å². The van der Waals surface area contributed by atoms with Crippen molar-refractivity contribution in [1.82, 2.24) is 9.38 Å². The third-order valence-corrected chi connectivity index (χ3v) is 6.08. The summed E-state index contributed by atoms with van der Waals surface area (Å²) in [4.78, 5) is 20.3. The third kappa shape index (κ3) is 4.66. The maximum Gasteiger partial charge on any atom is 0.282 e. The Morgan fingerprint density at radius 3 is 2.59 bits per heavy atom. The molecule has 152 valence electrons. The molecule has 29 heavy (non-hydrogen) atoms. The standard InChI is InChI=1S/C23H29N5O/c1-3-19-7-9-20(10-8-19)25-23(29)18(2)27-14-12-26(13-15-27)16-21-17-28-11-5-4-6-22(28)24-21/h4-11,17-18H,3,12-16H2,1-2H3,(H,25,29)/p+2/t18-/m0/s1. The number of piperazine rings is 1. The maximum atomic E-state index is 12.7. The minimum atomic E-state index is -0.0439. The molecule has 2 aromatic heterocycles. The van der Waals surface area contributed by atoms with Crippen molar-refractivity contribution >= 4 is 17.2 Å². The van der Waals surface area contributed by atoms with Crippen molar-refractivity contribution in [1.29, 1.82) is 0 Å². The van der Waals surface area contributed by atoms with Gasteiger partial charge in [0.1, 0.15) is 44.1 Å². The quantitative estimate of drug-likeness (QED) is 0.561. The van der Waals surface area contributed by atoms with Gasteiger partial charge in [-0.2, -0.15) is 0 Å². The third-order valence-electron chi connectivity index (χ3n) is 6.08. The highest BCUT2D eigenvalue weighted by Crippen LogP contribution is 2.10. The number of hydrogen-bond acceptors (Lipinski definition) is 2. The van der Waals surface area contributed by atoms with E-state index >= 15 is 0 Å². The van der Waals surface area contributed by atoms with Gasteiger partial charge in [0.15, 0.2) is 6.04 Å². The fraction of sp³-hybridized carbons (Fsp3) is 0.391. The predicted molar refractivity (Wildman–Crippen MR) is 114 cm³/mol. The Morgan fingerprint density at radius 1 is 1.14 bits per heavy atom. The highest BCUT2D eigenvalue weighted by molar-refractivity contribution is 5.93. The Balaban J connectivity index is 1.28. The van der Waals surface area contributed by atoms with E-state index in [9.17, 15) is 4.79 Å². The molecule has 0 bridgehead atoms. The molecule has 1 aromatic carbocycles. The number of hydrogen-bond donors (Lipinski definition) is 3. The van der Waals surface area contributed by atoms with Crippen LogP contribution in [0.3, 0.4) is 0 Å². The molecule has 1 aliphatic heterocycles. The number of aryl methyl sites for hydroxylation is 1. The van der Waals surface area contributed by atoms with Gasteiger partial charge >= 0.3 is 0 Å². The maximum absolute atomic E-state index is 12.7. The van der Waals surface area contributed by atoms with E-state index in [1.807, 2.05) is 43.5 Å². The van der Waals surface area contributed by atoms with Crippen LogP contribution in [0.25, 0.3) is 5.65 Å². The fourth-order valence-electron chi connectivity index (χ4n) is 4.12. The number of aromatic nitrogens is 2. The first-order chi connectivity index (χ1) is 14.1. The number of carbonyl (C=O) groups excluding carboxylic acids is 1. The van der Waals surface area contributed by atoms with Crippen LogP contribution in [0.4, 0.5) is 5.69 Å². The minimum Gasteiger partial charge on any atom is -0.321 e. The van der Waals surface area contributed by atoms with E-state index in [1.54, 1.807) is 4.90 Å². The zero-order chi connectivity index (χ0) is 20.2. The molecule has 0 aliphatic carbocycles. The lowest BCUT2D eigenvalue weighted by atomic mass is 10.1. The molecule has 3 heterocycles. The summed E-state index contributed by atoms with van der Waals surface area (Å²) in [5.74, 6) is 0.105. The van der Waals surface area contributed by atoms with Gasteiger partial charge in [-0.15, -0.1) is 0 Å². The molecule has 1 aliphatic rings. The van der Waals surface area contributed by atoms with E-state index in [1.165, 1.54) is 10.5 Å². The first-order valence-corrected chi connectivity index (χ1v) is 10.6. The summed E-state index contributed by atoms with van der Waals surface area (Å²) in [6, 6.07) is 14.2. The van der Waals surface area contributed by atoms with Crippen molar-refractivity contribution in [3.8, 4) is 0 Å². The van der Waals surface area contributed by atoms with Crippen molar-refractivity contribution in [2.75, 3.05) is 31.5 Å². The molecule has 1 amide bonds. The zero-order valence-electron chi connectivity index (χ0n) is 17.3. The number of quaternary nitrogens is 2. The first-order valence-electron chi connectivity index (χ1n) is 10.6. The van der Waals surface area contributed by atoms with Crippen LogP contribution in [-0.2, 0) is 17.8 Å². The van der Waals surface area contributed by atoms with E-state index in [4.69, 9.17) is 4.98 Å². The van der Waals surface area contributed by atoms with Crippen LogP contribution in [0, 0.1) is 0 Å². The smallest absolute Gasteiger partial charge is 0.282 e. The molecule has 6 heteroatoms. The number of nitrogens with one attached hydrogen (secondary N) is 3. The van der Waals surface area contributed by atoms with Crippen molar-refractivity contribution < 1.29 is 14.6 Å². The Morgan fingerprint density at radius 2 is 1.90 bits per heavy atom. The number of pyridine rings is 1. The fourth-order valence-corrected chi connectivity index (χ4v) is 4.12. The summed E-state index contributed by atoms with van der Waals surface area (Å²) in [6.45, 7) is 9.25. The van der Waals surface area contributed by atoms with Crippen molar-refractivity contribution in [3.05, 3.63) is 66.1 Å². The van der Waals surface area contributed by atoms with E-state index < -0.39 is 0 Å². The monoisotopic (exact) mass is 393 g/mol. The number of rotatable bonds is 6. The van der Waals surface area contributed by atoms with Crippen LogP contribution in [0.5, 0.6) is 0 Å². The molecule has 4 rings (SSSR count). The number of nitrogens with zero attached hydrogens (tertiary/aromatic N) is 2. The number of anilines is 1. The van der Waals surface area contributed by atoms with Crippen LogP contribution >= 0.6 is 0 Å². The van der Waals surface area contributed by atoms with Gasteiger partial charge in [0.2, 0.25) is 0 Å². The molecule has 1 saturated heterocycles. The second-order valence-electron chi connectivity index (χ2n) is 8.04. The molecule has 3 aromatic rings. The minimum absolute atomic E-state index is 0.0439. The lowest BCUT2D eigenvalue weighted by Gasteiger charge is -2.32. The van der Waals surface area contributed by atoms with Crippen molar-refractivity contribution in [2.24, 2.45) is 0 Å². The molecular weight excluding hydrogens is 362 g/mol. The van der Waals surface area contributed by atoms with Crippen molar-refractivity contribution in [2.45, 2.75) is 32.9 Å². The van der Waals surface area contributed by atoms with Crippen LogP contribution in [0.15, 0.2) is 54.9 Å². The summed E-state index contributed by atoms with van der Waals surface area (Å²) >= 11 is 0. The van der Waals surface area contributed by atoms with Crippen molar-refractivity contribution in [3.63, 3.8) is 0 Å². The number of amides is 1. The van der Waals surface area contributed by atoms with E-state index in [0.29, 0.717) is 0 Å². The molecule has 0 spiro atoms. The zero-order valence-corrected chi connectivity index (χ0v) is 17.3. The predicted octanol–water partition coefficient (Wildman–Crippen LogP) is 0.207. The number of fused-ring (bicyclic) bond motifs is 1. The summed E-state index contributed by atoms with van der Waals surface area (Å²) in [5.41, 5.74) is 4.31. The Labute approximate surface area is 172 Å². The van der Waals surface area contributed by atoms with Crippen LogP contribution in [-0.4, -0.2) is 47.5 Å². The van der Waals surface area contributed by atoms with Crippen LogP contribution in [0.1, 0.15) is 25.1 Å². The molecular formula is C23H31N5O+2. The summed E-state index contributed by atoms with van der Waals surface area (Å²) in [6.07, 6.45) is 5.18. The van der Waals surface area contributed by atoms with Gasteiger partial charge in [0, 0.05) is 18.1 Å². The second-order valence-corrected chi connectivity index (χ2v) is 8.04. The Kier molecular flexibility index (Phi) is 5.92. The van der Waals surface area contributed by atoms with Gasteiger partial charge in [-0.25, -0.2) is 4.98 Å². The number of benzene rings is 1. The highest BCUT2D eigenvalue weighted by Gasteiger charge is 2.31. The van der Waals surface area contributed by atoms with Gasteiger partial charge in [-0.3, -0.25) is 4.79 Å². The van der Waals surface area contributed by atoms with Crippen LogP contribution < -0.4 is 15.1 Å². The van der Waals surface area contributed by atoms with E-state index in [0.717, 1.165) is 56.2 Å². The molecule has 6 nitrogen and oxygen atoms in total. The molecule has 0 unspecified atom stereocenters. The number of carbonyl (C=O) groups is 1. The van der Waals surface area contributed by atoms with Crippen LogP contribution in [0.2, 0.25) is 0 Å². The van der Waals surface area contributed by atoms with Gasteiger partial charge in [0.25, 0.3) is 5.91 Å². The Bertz CT molecular complexity index is 924. The van der Waals surface area contributed by atoms with Gasteiger partial charge in [0.05, 0.1) is 0 Å². The molecule has 3 N–H and O–H groups in total. The summed E-state index contributed by atoms with van der Waals surface area (Å²) in [5, 5.41) is 3.08. The topological polar surface area (TPSA) is 55.3 Å². The molecule has 1 fully saturated rings. The Hall–Kier alpha value is -2.70. The number of imidazole rings is 1. The lowest BCUT2D eigenvalue weighted by Crippen LogP contribution is -3.29. The van der Waals surface area contributed by atoms with Gasteiger partial charge in [-0.1, -0.05) is 25.1 Å². The lowest BCUT2D eigenvalue weighted by molar-refractivity contribution is -1.02. The highest BCUT2D eigenvalue weighted by atomic mass is 16.2.